The number of aliphatic hydroxyl groups is 1. The van der Waals surface area contributed by atoms with Gasteiger partial charge in [0.25, 0.3) is 0 Å². The molecule has 2 amide bonds. The molecular weight excluding hydrogens is 270 g/mol. The van der Waals surface area contributed by atoms with Crippen molar-refractivity contribution in [1.29, 1.82) is 0 Å². The van der Waals surface area contributed by atoms with Crippen LogP contribution in [0.3, 0.4) is 0 Å². The summed E-state index contributed by atoms with van der Waals surface area (Å²) in [6.45, 7) is 2.06. The summed E-state index contributed by atoms with van der Waals surface area (Å²) < 4.78 is 31.6. The first-order chi connectivity index (χ1) is 9.47. The van der Waals surface area contributed by atoms with Gasteiger partial charge in [-0.05, 0) is 12.8 Å². The fourth-order valence-electron chi connectivity index (χ4n) is 1.50. The molecule has 5 nitrogen and oxygen atoms in total. The van der Waals surface area contributed by atoms with Crippen LogP contribution in [0.25, 0.3) is 0 Å². The molecule has 0 radical (unpaired) electrons. The summed E-state index contributed by atoms with van der Waals surface area (Å²) in [6.07, 6.45) is 0.482. The highest BCUT2D eigenvalue weighted by Gasteiger charge is 2.12. The summed E-state index contributed by atoms with van der Waals surface area (Å²) in [5, 5.41) is 13.9. The molecular formula is C13H18F2N2O3. The fourth-order valence-corrected chi connectivity index (χ4v) is 1.50. The Morgan fingerprint density at radius 1 is 1.40 bits per heavy atom. The molecule has 112 valence electrons. The van der Waals surface area contributed by atoms with Crippen LogP contribution >= 0.6 is 0 Å². The molecule has 0 aliphatic heterocycles. The molecule has 0 bridgehead atoms. The largest absolute Gasteiger partial charge is 0.494 e. The number of carbonyl (C=O) groups is 1. The average Bonchev–Trinajstić information content (AvgIpc) is 2.42. The van der Waals surface area contributed by atoms with E-state index in [2.05, 4.69) is 15.4 Å². The maximum atomic E-state index is 13.6. The number of urea groups is 1. The smallest absolute Gasteiger partial charge is 0.319 e. The summed E-state index contributed by atoms with van der Waals surface area (Å²) in [5.41, 5.74) is -0.281. The van der Waals surface area contributed by atoms with Gasteiger partial charge in [0.15, 0.2) is 17.4 Å². The second-order valence-electron chi connectivity index (χ2n) is 4.20. The molecule has 0 saturated heterocycles. The van der Waals surface area contributed by atoms with Crippen LogP contribution in [0.15, 0.2) is 12.1 Å². The lowest BCUT2D eigenvalue weighted by Crippen LogP contribution is -2.31. The molecule has 1 rings (SSSR count). The summed E-state index contributed by atoms with van der Waals surface area (Å²) in [7, 11) is 1.22. The van der Waals surface area contributed by atoms with Crippen LogP contribution in [-0.2, 0) is 0 Å². The van der Waals surface area contributed by atoms with Gasteiger partial charge in [-0.2, -0.15) is 0 Å². The van der Waals surface area contributed by atoms with E-state index in [1.807, 2.05) is 6.92 Å². The molecule has 0 fully saturated rings. The standard InChI is InChI=1S/C13H18F2N2O3/c1-3-8(18)4-5-16-13(19)17-11-6-10(15)12(20-2)7-9(11)14/h6-8,18H,3-5H2,1-2H3,(H2,16,17,19). The SMILES string of the molecule is CCC(O)CCNC(=O)Nc1cc(F)c(OC)cc1F. The Hall–Kier alpha value is -1.89. The molecule has 0 aromatic heterocycles. The van der Waals surface area contributed by atoms with Crippen molar-refractivity contribution < 1.29 is 23.4 Å². The van der Waals surface area contributed by atoms with E-state index in [1.54, 1.807) is 0 Å². The topological polar surface area (TPSA) is 70.6 Å². The lowest BCUT2D eigenvalue weighted by Gasteiger charge is -2.11. The third kappa shape index (κ3) is 4.65. The van der Waals surface area contributed by atoms with E-state index in [-0.39, 0.29) is 18.0 Å². The van der Waals surface area contributed by atoms with E-state index in [1.165, 1.54) is 7.11 Å². The lowest BCUT2D eigenvalue weighted by atomic mass is 10.2. The second-order valence-corrected chi connectivity index (χ2v) is 4.20. The monoisotopic (exact) mass is 288 g/mol. The Kier molecular flexibility index (Phi) is 6.17. The zero-order chi connectivity index (χ0) is 15.1. The molecule has 0 aliphatic carbocycles. The van der Waals surface area contributed by atoms with E-state index in [9.17, 15) is 18.7 Å². The van der Waals surface area contributed by atoms with Crippen LogP contribution in [0.5, 0.6) is 5.75 Å². The van der Waals surface area contributed by atoms with Crippen LogP contribution in [0.1, 0.15) is 19.8 Å². The molecule has 0 spiro atoms. The number of methoxy groups -OCH3 is 1. The third-order valence-corrected chi connectivity index (χ3v) is 2.72. The van der Waals surface area contributed by atoms with Crippen LogP contribution in [0, 0.1) is 11.6 Å². The van der Waals surface area contributed by atoms with Crippen molar-refractivity contribution in [3.8, 4) is 5.75 Å². The van der Waals surface area contributed by atoms with Crippen LogP contribution < -0.4 is 15.4 Å². The minimum atomic E-state index is -0.799. The molecule has 20 heavy (non-hydrogen) atoms. The van der Waals surface area contributed by atoms with Gasteiger partial charge in [0.1, 0.15) is 0 Å². The summed E-state index contributed by atoms with van der Waals surface area (Å²) >= 11 is 0. The molecule has 0 aliphatic rings. The molecule has 1 aromatic rings. The molecule has 1 aromatic carbocycles. The first-order valence-corrected chi connectivity index (χ1v) is 6.23. The van der Waals surface area contributed by atoms with E-state index < -0.39 is 23.8 Å². The average molecular weight is 288 g/mol. The van der Waals surface area contributed by atoms with Gasteiger partial charge in [-0.15, -0.1) is 0 Å². The predicted molar refractivity (Wildman–Crippen MR) is 70.8 cm³/mol. The number of halogens is 2. The number of rotatable bonds is 6. The molecule has 1 unspecified atom stereocenters. The quantitative estimate of drug-likeness (QED) is 0.752. The third-order valence-electron chi connectivity index (χ3n) is 2.72. The van der Waals surface area contributed by atoms with E-state index >= 15 is 0 Å². The summed E-state index contributed by atoms with van der Waals surface area (Å²) in [6, 6.07) is 1.03. The molecule has 0 heterocycles. The Balaban J connectivity index is 2.56. The molecule has 7 heteroatoms. The number of aliphatic hydroxyl groups excluding tert-OH is 1. The van der Waals surface area contributed by atoms with E-state index in [0.717, 1.165) is 12.1 Å². The Morgan fingerprint density at radius 3 is 2.70 bits per heavy atom. The molecule has 1 atom stereocenters. The number of anilines is 1. The lowest BCUT2D eigenvalue weighted by molar-refractivity contribution is 0.160. The number of amides is 2. The first kappa shape index (κ1) is 16.2. The van der Waals surface area contributed by atoms with Crippen LogP contribution in [0.4, 0.5) is 19.3 Å². The van der Waals surface area contributed by atoms with Gasteiger partial charge in [-0.3, -0.25) is 0 Å². The van der Waals surface area contributed by atoms with E-state index in [4.69, 9.17) is 0 Å². The minimum Gasteiger partial charge on any atom is -0.494 e. The van der Waals surface area contributed by atoms with Crippen molar-refractivity contribution >= 4 is 11.7 Å². The normalized spacial score (nSPS) is 11.8. The molecule has 0 saturated carbocycles. The van der Waals surface area contributed by atoms with Gasteiger partial charge in [-0.25, -0.2) is 13.6 Å². The van der Waals surface area contributed by atoms with Crippen molar-refractivity contribution in [2.45, 2.75) is 25.9 Å². The van der Waals surface area contributed by atoms with Crippen LogP contribution in [-0.4, -0.2) is 30.9 Å². The van der Waals surface area contributed by atoms with Crippen molar-refractivity contribution in [2.24, 2.45) is 0 Å². The Morgan fingerprint density at radius 2 is 2.10 bits per heavy atom. The van der Waals surface area contributed by atoms with Gasteiger partial charge < -0.3 is 20.5 Å². The zero-order valence-electron chi connectivity index (χ0n) is 11.4. The second kappa shape index (κ2) is 7.64. The zero-order valence-corrected chi connectivity index (χ0v) is 11.4. The predicted octanol–water partition coefficient (Wildman–Crippen LogP) is 2.26. The van der Waals surface area contributed by atoms with Crippen LogP contribution in [0.2, 0.25) is 0 Å². The summed E-state index contributed by atoms with van der Waals surface area (Å²) in [4.78, 5) is 11.5. The van der Waals surface area contributed by atoms with Crippen molar-refractivity contribution in [1.82, 2.24) is 5.32 Å². The van der Waals surface area contributed by atoms with Crippen molar-refractivity contribution in [3.63, 3.8) is 0 Å². The minimum absolute atomic E-state index is 0.237. The summed E-state index contributed by atoms with van der Waals surface area (Å²) in [5.74, 6) is -1.81. The maximum Gasteiger partial charge on any atom is 0.319 e. The highest BCUT2D eigenvalue weighted by Crippen LogP contribution is 2.24. The molecule has 3 N–H and O–H groups in total. The fraction of sp³-hybridized carbons (Fsp3) is 0.462. The van der Waals surface area contributed by atoms with Gasteiger partial charge in [0.05, 0.1) is 18.9 Å². The van der Waals surface area contributed by atoms with Gasteiger partial charge >= 0.3 is 6.03 Å². The first-order valence-electron chi connectivity index (χ1n) is 6.23. The van der Waals surface area contributed by atoms with E-state index in [0.29, 0.717) is 12.8 Å². The van der Waals surface area contributed by atoms with Crippen molar-refractivity contribution in [3.05, 3.63) is 23.8 Å². The van der Waals surface area contributed by atoms with Crippen molar-refractivity contribution in [2.75, 3.05) is 19.0 Å². The Labute approximate surface area is 115 Å². The highest BCUT2D eigenvalue weighted by atomic mass is 19.1. The highest BCUT2D eigenvalue weighted by molar-refractivity contribution is 5.89. The maximum absolute atomic E-state index is 13.6. The Bertz CT molecular complexity index is 469. The number of nitrogens with one attached hydrogen (secondary N) is 2. The van der Waals surface area contributed by atoms with Gasteiger partial charge in [-0.1, -0.05) is 6.92 Å². The number of hydrogen-bond acceptors (Lipinski definition) is 3. The number of benzene rings is 1. The number of carbonyl (C=O) groups excluding carboxylic acids is 1. The van der Waals surface area contributed by atoms with Gasteiger partial charge in [0, 0.05) is 18.7 Å². The number of hydrogen-bond donors (Lipinski definition) is 3. The van der Waals surface area contributed by atoms with Gasteiger partial charge in [0.2, 0.25) is 0 Å². The number of ether oxygens (including phenoxy) is 1.